The quantitative estimate of drug-likeness (QED) is 0.455. The maximum atomic E-state index is 12.5. The Hall–Kier alpha value is -3.71. The van der Waals surface area contributed by atoms with E-state index >= 15 is 0 Å². The summed E-state index contributed by atoms with van der Waals surface area (Å²) in [5.74, 6) is 0.108. The highest BCUT2D eigenvalue weighted by Crippen LogP contribution is 2.21. The smallest absolute Gasteiger partial charge is 0.257 e. The second-order valence-electron chi connectivity index (χ2n) is 7.45. The standard InChI is InChI=1S/C25H25N3O3S/c1-16(2)31-21-11-7-10-19(15-21)24(30)28-25(32)26-20-12-13-22(17(3)14-20)27-23(29)18-8-5-4-6-9-18/h4-16H,1-3H3,(H,27,29)(H2,26,28,30,32). The number of carbonyl (C=O) groups excluding carboxylic acids is 2. The zero-order valence-corrected chi connectivity index (χ0v) is 19.0. The Bertz CT molecular complexity index is 1130. The lowest BCUT2D eigenvalue weighted by Crippen LogP contribution is -2.34. The van der Waals surface area contributed by atoms with Crippen LogP contribution in [0.3, 0.4) is 0 Å². The molecule has 0 atom stereocenters. The zero-order valence-electron chi connectivity index (χ0n) is 18.1. The summed E-state index contributed by atoms with van der Waals surface area (Å²) in [6, 6.07) is 21.3. The lowest BCUT2D eigenvalue weighted by Gasteiger charge is -2.14. The normalized spacial score (nSPS) is 10.4. The van der Waals surface area contributed by atoms with Crippen molar-refractivity contribution in [1.29, 1.82) is 0 Å². The fourth-order valence-electron chi connectivity index (χ4n) is 2.99. The highest BCUT2D eigenvalue weighted by atomic mass is 32.1. The van der Waals surface area contributed by atoms with E-state index in [1.807, 2.05) is 45.0 Å². The molecule has 0 aromatic heterocycles. The molecule has 7 heteroatoms. The highest BCUT2D eigenvalue weighted by Gasteiger charge is 2.11. The molecule has 0 fully saturated rings. The summed E-state index contributed by atoms with van der Waals surface area (Å²) in [4.78, 5) is 24.9. The Kier molecular flexibility index (Phi) is 7.57. The molecule has 3 aromatic carbocycles. The lowest BCUT2D eigenvalue weighted by atomic mass is 10.1. The van der Waals surface area contributed by atoms with Crippen LogP contribution in [0, 0.1) is 6.92 Å². The number of aryl methyl sites for hydroxylation is 1. The van der Waals surface area contributed by atoms with Gasteiger partial charge in [-0.1, -0.05) is 24.3 Å². The first-order valence-electron chi connectivity index (χ1n) is 10.2. The predicted molar refractivity (Wildman–Crippen MR) is 131 cm³/mol. The van der Waals surface area contributed by atoms with Gasteiger partial charge in [-0.25, -0.2) is 0 Å². The Morgan fingerprint density at radius 3 is 2.25 bits per heavy atom. The van der Waals surface area contributed by atoms with Crippen molar-refractivity contribution in [3.05, 3.63) is 89.5 Å². The van der Waals surface area contributed by atoms with Crippen LogP contribution < -0.4 is 20.7 Å². The van der Waals surface area contributed by atoms with Crippen molar-refractivity contribution in [2.75, 3.05) is 10.6 Å². The number of benzene rings is 3. The fourth-order valence-corrected chi connectivity index (χ4v) is 3.20. The van der Waals surface area contributed by atoms with Gasteiger partial charge in [0.15, 0.2) is 5.11 Å². The molecule has 0 spiro atoms. The van der Waals surface area contributed by atoms with E-state index in [4.69, 9.17) is 17.0 Å². The van der Waals surface area contributed by atoms with Gasteiger partial charge < -0.3 is 15.4 Å². The molecule has 3 N–H and O–H groups in total. The Labute approximate surface area is 193 Å². The van der Waals surface area contributed by atoms with Gasteiger partial charge in [0, 0.05) is 22.5 Å². The molecule has 0 radical (unpaired) electrons. The molecular formula is C25H25N3O3S. The van der Waals surface area contributed by atoms with Gasteiger partial charge in [-0.15, -0.1) is 0 Å². The van der Waals surface area contributed by atoms with E-state index in [0.717, 1.165) is 5.56 Å². The summed E-state index contributed by atoms with van der Waals surface area (Å²) in [6.45, 7) is 5.73. The molecule has 0 saturated carbocycles. The van der Waals surface area contributed by atoms with Crippen LogP contribution in [0.4, 0.5) is 11.4 Å². The number of rotatable bonds is 6. The molecule has 164 valence electrons. The number of amides is 2. The summed E-state index contributed by atoms with van der Waals surface area (Å²) in [5, 5.41) is 8.74. The van der Waals surface area contributed by atoms with Crippen molar-refractivity contribution in [3.8, 4) is 5.75 Å². The molecule has 32 heavy (non-hydrogen) atoms. The number of hydrogen-bond donors (Lipinski definition) is 3. The van der Waals surface area contributed by atoms with Gasteiger partial charge in [0.05, 0.1) is 6.10 Å². The van der Waals surface area contributed by atoms with Gasteiger partial charge in [-0.05, 0) is 87.1 Å². The molecule has 3 aromatic rings. The summed E-state index contributed by atoms with van der Waals surface area (Å²) in [5.41, 5.74) is 3.28. The van der Waals surface area contributed by atoms with E-state index in [1.165, 1.54) is 0 Å². The Balaban J connectivity index is 1.60. The van der Waals surface area contributed by atoms with Gasteiger partial charge in [0.25, 0.3) is 11.8 Å². The van der Waals surface area contributed by atoms with Crippen molar-refractivity contribution >= 4 is 40.5 Å². The number of anilines is 2. The Morgan fingerprint density at radius 1 is 0.844 bits per heavy atom. The van der Waals surface area contributed by atoms with Crippen LogP contribution >= 0.6 is 12.2 Å². The second kappa shape index (κ2) is 10.5. The first-order chi connectivity index (χ1) is 15.3. The largest absolute Gasteiger partial charge is 0.491 e. The van der Waals surface area contributed by atoms with Crippen LogP contribution in [0.25, 0.3) is 0 Å². The first kappa shape index (κ1) is 23.0. The van der Waals surface area contributed by atoms with E-state index in [-0.39, 0.29) is 23.0 Å². The van der Waals surface area contributed by atoms with E-state index in [1.54, 1.807) is 48.5 Å². The van der Waals surface area contributed by atoms with Gasteiger partial charge in [-0.2, -0.15) is 0 Å². The minimum absolute atomic E-state index is 0.0137. The summed E-state index contributed by atoms with van der Waals surface area (Å²) in [6.07, 6.45) is 0.0137. The van der Waals surface area contributed by atoms with Crippen LogP contribution in [0.1, 0.15) is 40.1 Å². The van der Waals surface area contributed by atoms with Crippen LogP contribution in [0.5, 0.6) is 5.75 Å². The summed E-state index contributed by atoms with van der Waals surface area (Å²) >= 11 is 5.28. The average molecular weight is 448 g/mol. The summed E-state index contributed by atoms with van der Waals surface area (Å²) in [7, 11) is 0. The third-order valence-corrected chi connectivity index (χ3v) is 4.67. The van der Waals surface area contributed by atoms with Crippen molar-refractivity contribution in [1.82, 2.24) is 5.32 Å². The Morgan fingerprint density at radius 2 is 1.56 bits per heavy atom. The van der Waals surface area contributed by atoms with Crippen molar-refractivity contribution in [2.45, 2.75) is 26.9 Å². The van der Waals surface area contributed by atoms with Crippen LogP contribution in [-0.4, -0.2) is 23.0 Å². The molecule has 2 amide bonds. The van der Waals surface area contributed by atoms with Gasteiger partial charge >= 0.3 is 0 Å². The number of carbonyl (C=O) groups is 2. The van der Waals surface area contributed by atoms with Gasteiger partial charge in [0.2, 0.25) is 0 Å². The lowest BCUT2D eigenvalue weighted by molar-refractivity contribution is 0.0975. The molecule has 0 aliphatic heterocycles. The molecule has 6 nitrogen and oxygen atoms in total. The van der Waals surface area contributed by atoms with Gasteiger partial charge in [-0.3, -0.25) is 14.9 Å². The minimum Gasteiger partial charge on any atom is -0.491 e. The van der Waals surface area contributed by atoms with Crippen LogP contribution in [0.2, 0.25) is 0 Å². The molecule has 0 heterocycles. The SMILES string of the molecule is Cc1cc(NC(=S)NC(=O)c2cccc(OC(C)C)c2)ccc1NC(=O)c1ccccc1. The summed E-state index contributed by atoms with van der Waals surface area (Å²) < 4.78 is 5.63. The predicted octanol–water partition coefficient (Wildman–Crippen LogP) is 5.16. The maximum Gasteiger partial charge on any atom is 0.257 e. The van der Waals surface area contributed by atoms with E-state index in [2.05, 4.69) is 16.0 Å². The maximum absolute atomic E-state index is 12.5. The van der Waals surface area contributed by atoms with Crippen LogP contribution in [-0.2, 0) is 0 Å². The number of thiocarbonyl (C=S) groups is 1. The van der Waals surface area contributed by atoms with Gasteiger partial charge in [0.1, 0.15) is 5.75 Å². The number of nitrogens with one attached hydrogen (secondary N) is 3. The molecule has 0 aliphatic carbocycles. The monoisotopic (exact) mass is 447 g/mol. The molecular weight excluding hydrogens is 422 g/mol. The van der Waals surface area contributed by atoms with Crippen molar-refractivity contribution in [3.63, 3.8) is 0 Å². The van der Waals surface area contributed by atoms with E-state index in [0.29, 0.717) is 28.3 Å². The van der Waals surface area contributed by atoms with E-state index < -0.39 is 0 Å². The minimum atomic E-state index is -0.333. The first-order valence-corrected chi connectivity index (χ1v) is 10.6. The topological polar surface area (TPSA) is 79.5 Å². The average Bonchev–Trinajstić information content (AvgIpc) is 2.76. The third-order valence-electron chi connectivity index (χ3n) is 4.46. The van der Waals surface area contributed by atoms with Crippen LogP contribution in [0.15, 0.2) is 72.8 Å². The number of ether oxygens (including phenoxy) is 1. The zero-order chi connectivity index (χ0) is 23.1. The highest BCUT2D eigenvalue weighted by molar-refractivity contribution is 7.80. The molecule has 0 saturated heterocycles. The fraction of sp³-hybridized carbons (Fsp3) is 0.160. The van der Waals surface area contributed by atoms with Crippen molar-refractivity contribution in [2.24, 2.45) is 0 Å². The molecule has 0 aliphatic rings. The number of hydrogen-bond acceptors (Lipinski definition) is 4. The third kappa shape index (κ3) is 6.39. The van der Waals surface area contributed by atoms with Crippen molar-refractivity contribution < 1.29 is 14.3 Å². The molecule has 0 unspecified atom stereocenters. The molecule has 3 rings (SSSR count). The second-order valence-corrected chi connectivity index (χ2v) is 7.86. The van der Waals surface area contributed by atoms with E-state index in [9.17, 15) is 9.59 Å². The molecule has 0 bridgehead atoms.